The molecule has 5 aliphatic rings. The summed E-state index contributed by atoms with van der Waals surface area (Å²) in [5.41, 5.74) is 0.223. The van der Waals surface area contributed by atoms with Crippen LogP contribution in [-0.2, 0) is 25.7 Å². The molecule has 4 saturated carbocycles. The van der Waals surface area contributed by atoms with Crippen LogP contribution in [-0.4, -0.2) is 93.6 Å². The van der Waals surface area contributed by atoms with Crippen LogP contribution in [0.15, 0.2) is 23.5 Å². The number of likely N-dealkylation sites (N-methyl/N-ethyl adjacent to an activating group) is 1. The molecule has 5 aliphatic carbocycles. The maximum absolute atomic E-state index is 14.3. The van der Waals surface area contributed by atoms with Crippen molar-refractivity contribution in [3.8, 4) is 0 Å². The lowest BCUT2D eigenvalue weighted by Gasteiger charge is -2.72. The van der Waals surface area contributed by atoms with E-state index < -0.39 is 28.9 Å². The molecule has 0 radical (unpaired) electrons. The number of aromatic nitrogens is 2. The van der Waals surface area contributed by atoms with Crippen LogP contribution >= 0.6 is 11.6 Å². The molecule has 6 rings (SSSR count). The van der Waals surface area contributed by atoms with E-state index in [1.165, 1.54) is 5.57 Å². The van der Waals surface area contributed by atoms with Crippen LogP contribution in [0, 0.1) is 56.2 Å². The summed E-state index contributed by atoms with van der Waals surface area (Å²) in [4.78, 5) is 52.6. The number of halogens is 1. The quantitative estimate of drug-likeness (QED) is 0.188. The van der Waals surface area contributed by atoms with Crippen molar-refractivity contribution in [3.63, 3.8) is 0 Å². The Balaban J connectivity index is 1.29. The SMILES string of the molecule is CC(C)C1=C2[C@H]3CC[C@H]4[C@@]5(C)CCC(OC(=O)CC(C)(C)C(=O)O)C(C)(C)[C@H]5CC[C@@]4(C)[C@]3(C)CCC2(C(O)CN(CCN(C)C)Cc2ncc(Cl)cn2)CC1=O. The maximum atomic E-state index is 14.3. The lowest BCUT2D eigenvalue weighted by molar-refractivity contribution is -0.235. The molecule has 318 valence electrons. The van der Waals surface area contributed by atoms with E-state index in [0.717, 1.165) is 70.0 Å². The first kappa shape index (κ1) is 44.2. The monoisotopic (exact) mass is 811 g/mol. The number of esters is 1. The van der Waals surface area contributed by atoms with Gasteiger partial charge in [0.15, 0.2) is 5.78 Å². The van der Waals surface area contributed by atoms with Crippen molar-refractivity contribution < 1.29 is 29.3 Å². The van der Waals surface area contributed by atoms with Crippen molar-refractivity contribution in [1.82, 2.24) is 19.8 Å². The van der Waals surface area contributed by atoms with E-state index >= 15 is 0 Å². The number of hydrogen-bond donors (Lipinski definition) is 2. The lowest BCUT2D eigenvalue weighted by Crippen LogP contribution is -2.66. The summed E-state index contributed by atoms with van der Waals surface area (Å²) in [5, 5.41) is 22.8. The summed E-state index contributed by atoms with van der Waals surface area (Å²) in [6.45, 7) is 22.1. The lowest BCUT2D eigenvalue weighted by atomic mass is 9.33. The average molecular weight is 812 g/mol. The highest BCUT2D eigenvalue weighted by atomic mass is 35.5. The summed E-state index contributed by atoms with van der Waals surface area (Å²) >= 11 is 6.12. The predicted octanol–water partition coefficient (Wildman–Crippen LogP) is 8.25. The smallest absolute Gasteiger partial charge is 0.309 e. The third-order valence-corrected chi connectivity index (χ3v) is 17.0. The van der Waals surface area contributed by atoms with Gasteiger partial charge in [-0.25, -0.2) is 9.97 Å². The molecule has 10 nitrogen and oxygen atoms in total. The van der Waals surface area contributed by atoms with Crippen LogP contribution in [0.5, 0.6) is 0 Å². The highest BCUT2D eigenvalue weighted by Crippen LogP contribution is 2.77. The topological polar surface area (TPSA) is 133 Å². The van der Waals surface area contributed by atoms with Gasteiger partial charge in [0, 0.05) is 49.3 Å². The number of hydrogen-bond acceptors (Lipinski definition) is 9. The van der Waals surface area contributed by atoms with Crippen LogP contribution in [0.3, 0.4) is 0 Å². The zero-order chi connectivity index (χ0) is 42.1. The zero-order valence-corrected chi connectivity index (χ0v) is 37.5. The third kappa shape index (κ3) is 7.54. The number of fused-ring (bicyclic) bond motifs is 7. The number of rotatable bonds is 13. The summed E-state index contributed by atoms with van der Waals surface area (Å²) in [6.07, 6.45) is 10.1. The van der Waals surface area contributed by atoms with Crippen molar-refractivity contribution >= 4 is 29.3 Å². The number of aliphatic carboxylic acids is 1. The molecule has 2 N–H and O–H groups in total. The second kappa shape index (κ2) is 15.6. The van der Waals surface area contributed by atoms with E-state index in [9.17, 15) is 24.6 Å². The fourth-order valence-corrected chi connectivity index (χ4v) is 13.6. The van der Waals surface area contributed by atoms with Crippen LogP contribution < -0.4 is 0 Å². The van der Waals surface area contributed by atoms with E-state index in [2.05, 4.69) is 82.3 Å². The van der Waals surface area contributed by atoms with Gasteiger partial charge in [0.05, 0.1) is 29.5 Å². The van der Waals surface area contributed by atoms with E-state index in [4.69, 9.17) is 16.3 Å². The van der Waals surface area contributed by atoms with Crippen molar-refractivity contribution in [2.24, 2.45) is 56.2 Å². The molecule has 0 aliphatic heterocycles. The fraction of sp³-hybridized carbons (Fsp3) is 0.804. The Morgan fingerprint density at radius 1 is 0.947 bits per heavy atom. The van der Waals surface area contributed by atoms with Crippen LogP contribution in [0.4, 0.5) is 0 Å². The summed E-state index contributed by atoms with van der Waals surface area (Å²) in [5.74, 6) is 0.559. The van der Waals surface area contributed by atoms with Gasteiger partial charge in [-0.15, -0.1) is 0 Å². The Labute approximate surface area is 346 Å². The van der Waals surface area contributed by atoms with Gasteiger partial charge >= 0.3 is 11.9 Å². The Bertz CT molecular complexity index is 1740. The van der Waals surface area contributed by atoms with E-state index in [-0.39, 0.29) is 51.8 Å². The molecular formula is C46H71ClN4O6. The second-order valence-corrected chi connectivity index (χ2v) is 21.9. The molecule has 1 aromatic rings. The Morgan fingerprint density at radius 2 is 1.61 bits per heavy atom. The van der Waals surface area contributed by atoms with E-state index in [1.807, 2.05) is 0 Å². The maximum Gasteiger partial charge on any atom is 0.309 e. The van der Waals surface area contributed by atoms with Gasteiger partial charge in [-0.05, 0) is 125 Å². The molecule has 0 bridgehead atoms. The average Bonchev–Trinajstić information content (AvgIpc) is 3.42. The molecule has 1 aromatic heterocycles. The number of ketones is 1. The van der Waals surface area contributed by atoms with E-state index in [1.54, 1.807) is 26.2 Å². The predicted molar refractivity (Wildman–Crippen MR) is 222 cm³/mol. The number of aliphatic hydroxyl groups excluding tert-OH is 1. The highest BCUT2D eigenvalue weighted by molar-refractivity contribution is 6.30. The number of Topliss-reactive ketones (excluding diaryl/α,β-unsaturated/α-hetero) is 1. The number of carbonyl (C=O) groups is 3. The number of carboxylic acids is 1. The van der Waals surface area contributed by atoms with Crippen LogP contribution in [0.25, 0.3) is 0 Å². The second-order valence-electron chi connectivity index (χ2n) is 21.4. The summed E-state index contributed by atoms with van der Waals surface area (Å²) in [6, 6.07) is 0. The number of carbonyl (C=O) groups excluding carboxylic acids is 2. The van der Waals surface area contributed by atoms with Gasteiger partial charge in [-0.2, -0.15) is 0 Å². The fourth-order valence-electron chi connectivity index (χ4n) is 13.5. The number of allylic oxidation sites excluding steroid dienone is 1. The Morgan fingerprint density at radius 3 is 2.23 bits per heavy atom. The summed E-state index contributed by atoms with van der Waals surface area (Å²) < 4.78 is 6.19. The molecule has 0 spiro atoms. The van der Waals surface area contributed by atoms with Crippen LogP contribution in [0.2, 0.25) is 5.02 Å². The van der Waals surface area contributed by atoms with Crippen molar-refractivity contribution in [3.05, 3.63) is 34.4 Å². The minimum absolute atomic E-state index is 0.0216. The molecule has 4 fully saturated rings. The first-order valence-electron chi connectivity index (χ1n) is 21.6. The number of ether oxygens (including phenoxy) is 1. The van der Waals surface area contributed by atoms with Gasteiger partial charge in [-0.1, -0.05) is 65.6 Å². The standard InChI is InChI=1S/C46H71ClN4O6/c1-28(2)38-31(52)22-46(34(53)26-51(21-20-50(10)11)27-36-48-24-29(47)25-49-36)19-18-44(8)30(39(38)46)12-13-33-43(7)16-15-35(57-37(54)23-41(3,4)40(55)56)42(5,6)32(43)14-17-45(33,44)9/h24-25,28,30,32-35,53H,12-23,26-27H2,1-11H3,(H,55,56)/t30-,32-,33+,34?,35?,43+,44-,45-,46?/m1/s1. The van der Waals surface area contributed by atoms with Crippen LogP contribution in [0.1, 0.15) is 132 Å². The number of aliphatic hydroxyl groups is 1. The van der Waals surface area contributed by atoms with Gasteiger partial charge in [-0.3, -0.25) is 19.3 Å². The van der Waals surface area contributed by atoms with E-state index in [0.29, 0.717) is 42.2 Å². The molecule has 0 aromatic carbocycles. The van der Waals surface area contributed by atoms with Crippen molar-refractivity contribution in [2.45, 2.75) is 145 Å². The molecule has 9 atom stereocenters. The first-order valence-corrected chi connectivity index (χ1v) is 22.0. The normalized spacial score (nSPS) is 35.5. The highest BCUT2D eigenvalue weighted by Gasteiger charge is 2.71. The molecule has 11 heteroatoms. The summed E-state index contributed by atoms with van der Waals surface area (Å²) in [7, 11) is 4.11. The van der Waals surface area contributed by atoms with Gasteiger partial charge in [0.25, 0.3) is 0 Å². The zero-order valence-electron chi connectivity index (χ0n) is 36.7. The van der Waals surface area contributed by atoms with Gasteiger partial charge in [0.1, 0.15) is 11.9 Å². The molecule has 0 saturated heterocycles. The molecule has 1 heterocycles. The third-order valence-electron chi connectivity index (χ3n) is 16.8. The molecule has 0 amide bonds. The molecule has 57 heavy (non-hydrogen) atoms. The first-order chi connectivity index (χ1) is 26.4. The molecule has 3 unspecified atom stereocenters. The van der Waals surface area contributed by atoms with Crippen molar-refractivity contribution in [1.29, 1.82) is 0 Å². The largest absolute Gasteiger partial charge is 0.481 e. The Hall–Kier alpha value is -2.40. The minimum atomic E-state index is -1.18. The Kier molecular flexibility index (Phi) is 12.1. The number of nitrogens with zero attached hydrogens (tertiary/aromatic N) is 4. The van der Waals surface area contributed by atoms with Gasteiger partial charge < -0.3 is 19.8 Å². The number of carboxylic acid groups (broad SMARTS) is 1. The van der Waals surface area contributed by atoms with Crippen molar-refractivity contribution in [2.75, 3.05) is 33.7 Å². The minimum Gasteiger partial charge on any atom is -0.481 e. The van der Waals surface area contributed by atoms with Gasteiger partial charge in [0.2, 0.25) is 0 Å². The molecular weight excluding hydrogens is 740 g/mol.